The molecule has 7 heteroatoms. The zero-order chi connectivity index (χ0) is 15.1. The van der Waals surface area contributed by atoms with Crippen molar-refractivity contribution in [1.29, 1.82) is 0 Å². The van der Waals surface area contributed by atoms with Gasteiger partial charge in [-0.15, -0.1) is 11.3 Å². The summed E-state index contributed by atoms with van der Waals surface area (Å²) < 4.78 is 1.74. The van der Waals surface area contributed by atoms with E-state index in [1.165, 1.54) is 9.75 Å². The summed E-state index contributed by atoms with van der Waals surface area (Å²) in [5, 5.41) is 10.6. The minimum Gasteiger partial charge on any atom is -0.357 e. The minimum absolute atomic E-state index is 0.510. The Bertz CT molecular complexity index is 586. The van der Waals surface area contributed by atoms with Crippen molar-refractivity contribution in [3.8, 4) is 0 Å². The van der Waals surface area contributed by atoms with Crippen LogP contribution in [-0.4, -0.2) is 27.3 Å². The first-order chi connectivity index (χ1) is 10.2. The number of hydrogen-bond donors (Lipinski definition) is 2. The summed E-state index contributed by atoms with van der Waals surface area (Å²) in [4.78, 5) is 11.4. The topological polar surface area (TPSA) is 67.1 Å². The van der Waals surface area contributed by atoms with E-state index in [0.717, 1.165) is 31.3 Å². The van der Waals surface area contributed by atoms with Crippen molar-refractivity contribution in [2.45, 2.75) is 33.4 Å². The van der Waals surface area contributed by atoms with Crippen LogP contribution in [0.2, 0.25) is 0 Å². The Hall–Kier alpha value is -1.89. The molecule has 2 aromatic rings. The van der Waals surface area contributed by atoms with Gasteiger partial charge >= 0.3 is 0 Å². The number of hydrogen-bond acceptors (Lipinski definition) is 4. The van der Waals surface area contributed by atoms with E-state index in [1.54, 1.807) is 11.0 Å². The molecule has 2 rings (SSSR count). The van der Waals surface area contributed by atoms with Crippen molar-refractivity contribution >= 4 is 17.3 Å². The van der Waals surface area contributed by atoms with Crippen LogP contribution in [0, 0.1) is 0 Å². The summed E-state index contributed by atoms with van der Waals surface area (Å²) in [5.41, 5.74) is 0. The number of rotatable bonds is 6. The fourth-order valence-electron chi connectivity index (χ4n) is 1.83. The molecule has 0 saturated heterocycles. The average molecular weight is 306 g/mol. The number of aryl methyl sites for hydroxylation is 2. The van der Waals surface area contributed by atoms with Crippen LogP contribution in [0.5, 0.6) is 0 Å². The third kappa shape index (κ3) is 4.56. The maximum Gasteiger partial charge on any atom is 0.191 e. The molecule has 0 amide bonds. The van der Waals surface area contributed by atoms with Crippen molar-refractivity contribution in [2.24, 2.45) is 12.0 Å². The van der Waals surface area contributed by atoms with Gasteiger partial charge in [-0.2, -0.15) is 5.10 Å². The Morgan fingerprint density at radius 3 is 2.71 bits per heavy atom. The van der Waals surface area contributed by atoms with Crippen molar-refractivity contribution in [3.05, 3.63) is 34.0 Å². The molecule has 0 bridgehead atoms. The highest BCUT2D eigenvalue weighted by atomic mass is 32.1. The van der Waals surface area contributed by atoms with Crippen LogP contribution >= 0.6 is 11.3 Å². The number of thiophene rings is 1. The first-order valence-corrected chi connectivity index (χ1v) is 7.97. The zero-order valence-electron chi connectivity index (χ0n) is 12.8. The van der Waals surface area contributed by atoms with Gasteiger partial charge in [-0.25, -0.2) is 9.98 Å². The standard InChI is InChI=1S/C14H22N6S/c1-4-11-6-7-12(21-11)8-16-14(15-5-2)17-9-13-18-10-19-20(13)3/h6-7,10H,4-5,8-9H2,1-3H3,(H2,15,16,17). The summed E-state index contributed by atoms with van der Waals surface area (Å²) in [5.74, 6) is 1.64. The van der Waals surface area contributed by atoms with E-state index >= 15 is 0 Å². The third-order valence-corrected chi connectivity index (χ3v) is 4.25. The molecule has 2 N–H and O–H groups in total. The fourth-order valence-corrected chi connectivity index (χ4v) is 2.73. The molecule has 0 aliphatic heterocycles. The highest BCUT2D eigenvalue weighted by Crippen LogP contribution is 2.16. The molecule has 114 valence electrons. The molecule has 0 aliphatic carbocycles. The van der Waals surface area contributed by atoms with Crippen LogP contribution in [0.15, 0.2) is 23.5 Å². The molecule has 0 fully saturated rings. The second-order valence-electron chi connectivity index (χ2n) is 4.57. The number of aromatic nitrogens is 3. The Balaban J connectivity index is 1.93. The fraction of sp³-hybridized carbons (Fsp3) is 0.500. The highest BCUT2D eigenvalue weighted by molar-refractivity contribution is 7.11. The molecule has 2 heterocycles. The SMILES string of the molecule is CCNC(=NCc1ncnn1C)NCc1ccc(CC)s1. The lowest BCUT2D eigenvalue weighted by Crippen LogP contribution is -2.36. The van der Waals surface area contributed by atoms with E-state index in [2.05, 4.69) is 51.7 Å². The first kappa shape index (κ1) is 15.5. The summed E-state index contributed by atoms with van der Waals surface area (Å²) in [6.07, 6.45) is 2.63. The van der Waals surface area contributed by atoms with E-state index in [1.807, 2.05) is 18.4 Å². The monoisotopic (exact) mass is 306 g/mol. The van der Waals surface area contributed by atoms with Gasteiger partial charge in [0.15, 0.2) is 5.96 Å². The maximum atomic E-state index is 4.53. The van der Waals surface area contributed by atoms with Gasteiger partial charge in [-0.1, -0.05) is 6.92 Å². The largest absolute Gasteiger partial charge is 0.357 e. The second kappa shape index (κ2) is 7.78. The third-order valence-electron chi connectivity index (χ3n) is 3.02. The van der Waals surface area contributed by atoms with Gasteiger partial charge in [-0.05, 0) is 25.5 Å². The van der Waals surface area contributed by atoms with E-state index in [4.69, 9.17) is 0 Å². The maximum absolute atomic E-state index is 4.53. The average Bonchev–Trinajstić information content (AvgIpc) is 3.11. The summed E-state index contributed by atoms with van der Waals surface area (Å²) in [6, 6.07) is 4.36. The number of nitrogens with one attached hydrogen (secondary N) is 2. The van der Waals surface area contributed by atoms with Gasteiger partial charge < -0.3 is 10.6 Å². The summed E-state index contributed by atoms with van der Waals surface area (Å²) in [7, 11) is 1.87. The molecule has 2 aromatic heterocycles. The summed E-state index contributed by atoms with van der Waals surface area (Å²) in [6.45, 7) is 6.36. The van der Waals surface area contributed by atoms with Gasteiger partial charge in [0.05, 0.1) is 6.54 Å². The van der Waals surface area contributed by atoms with Crippen molar-refractivity contribution < 1.29 is 0 Å². The Morgan fingerprint density at radius 2 is 2.10 bits per heavy atom. The van der Waals surface area contributed by atoms with Crippen LogP contribution in [0.3, 0.4) is 0 Å². The lowest BCUT2D eigenvalue weighted by Gasteiger charge is -2.10. The molecule has 0 aliphatic rings. The Morgan fingerprint density at radius 1 is 1.29 bits per heavy atom. The van der Waals surface area contributed by atoms with E-state index in [9.17, 15) is 0 Å². The Kier molecular flexibility index (Phi) is 5.74. The van der Waals surface area contributed by atoms with Gasteiger partial charge in [0.1, 0.15) is 18.7 Å². The van der Waals surface area contributed by atoms with E-state index in [0.29, 0.717) is 6.54 Å². The highest BCUT2D eigenvalue weighted by Gasteiger charge is 2.03. The molecule has 0 unspecified atom stereocenters. The first-order valence-electron chi connectivity index (χ1n) is 7.15. The van der Waals surface area contributed by atoms with Crippen molar-refractivity contribution in [2.75, 3.05) is 6.54 Å². The Labute approximate surface area is 129 Å². The molecule has 0 atom stereocenters. The normalized spacial score (nSPS) is 11.7. The van der Waals surface area contributed by atoms with Gasteiger partial charge in [0.2, 0.25) is 0 Å². The molecule has 0 spiro atoms. The molecule has 0 saturated carbocycles. The second-order valence-corrected chi connectivity index (χ2v) is 5.82. The van der Waals surface area contributed by atoms with E-state index < -0.39 is 0 Å². The smallest absolute Gasteiger partial charge is 0.191 e. The van der Waals surface area contributed by atoms with Crippen molar-refractivity contribution in [1.82, 2.24) is 25.4 Å². The van der Waals surface area contributed by atoms with Crippen LogP contribution in [0.4, 0.5) is 0 Å². The molecule has 0 radical (unpaired) electrons. The van der Waals surface area contributed by atoms with Crippen LogP contribution in [0.1, 0.15) is 29.4 Å². The molecule has 21 heavy (non-hydrogen) atoms. The number of nitrogens with zero attached hydrogens (tertiary/aromatic N) is 4. The van der Waals surface area contributed by atoms with Gasteiger partial charge in [0, 0.05) is 23.3 Å². The van der Waals surface area contributed by atoms with Crippen LogP contribution in [0.25, 0.3) is 0 Å². The molecular formula is C14H22N6S. The molecule has 6 nitrogen and oxygen atoms in total. The number of guanidine groups is 1. The lowest BCUT2D eigenvalue weighted by atomic mass is 10.4. The minimum atomic E-state index is 0.510. The van der Waals surface area contributed by atoms with Gasteiger partial charge in [-0.3, -0.25) is 4.68 Å². The quantitative estimate of drug-likeness (QED) is 0.629. The molecular weight excluding hydrogens is 284 g/mol. The predicted octanol–water partition coefficient (Wildman–Crippen LogP) is 1.69. The number of aliphatic imine (C=N–C) groups is 1. The lowest BCUT2D eigenvalue weighted by molar-refractivity contribution is 0.697. The zero-order valence-corrected chi connectivity index (χ0v) is 13.6. The van der Waals surface area contributed by atoms with Gasteiger partial charge in [0.25, 0.3) is 0 Å². The van der Waals surface area contributed by atoms with E-state index in [-0.39, 0.29) is 0 Å². The van der Waals surface area contributed by atoms with Crippen molar-refractivity contribution in [3.63, 3.8) is 0 Å². The summed E-state index contributed by atoms with van der Waals surface area (Å²) >= 11 is 1.84. The van der Waals surface area contributed by atoms with Crippen LogP contribution in [-0.2, 0) is 26.6 Å². The molecule has 0 aromatic carbocycles. The predicted molar refractivity (Wildman–Crippen MR) is 86.4 cm³/mol. The van der Waals surface area contributed by atoms with Crippen LogP contribution < -0.4 is 10.6 Å².